The molecule has 37 heavy (non-hydrogen) atoms. The lowest BCUT2D eigenvalue weighted by molar-refractivity contribution is -0.159. The summed E-state index contributed by atoms with van der Waals surface area (Å²) in [5.41, 5.74) is 1.86. The molecule has 4 rings (SSSR count). The number of esters is 2. The molecule has 3 saturated carbocycles. The summed E-state index contributed by atoms with van der Waals surface area (Å²) in [6.07, 6.45) is 20.6. The van der Waals surface area contributed by atoms with Gasteiger partial charge in [0.05, 0.1) is 6.61 Å². The van der Waals surface area contributed by atoms with E-state index in [0.29, 0.717) is 36.1 Å². The van der Waals surface area contributed by atoms with Crippen molar-refractivity contribution in [2.24, 2.45) is 35.0 Å². The van der Waals surface area contributed by atoms with Crippen LogP contribution >= 0.6 is 0 Å². The Balaban J connectivity index is 1.12. The Labute approximate surface area is 224 Å². The summed E-state index contributed by atoms with van der Waals surface area (Å²) in [6.45, 7) is 4.87. The van der Waals surface area contributed by atoms with Gasteiger partial charge in [-0.25, -0.2) is 4.79 Å². The number of allylic oxidation sites excluding steroid dienone is 1. The Kier molecular flexibility index (Phi) is 10.3. The molecule has 5 heteroatoms. The highest BCUT2D eigenvalue weighted by atomic mass is 16.6. The third-order valence-corrected chi connectivity index (χ3v) is 10.3. The molecule has 0 spiro atoms. The van der Waals surface area contributed by atoms with E-state index in [0.717, 1.165) is 62.7 Å². The quantitative estimate of drug-likeness (QED) is 0.190. The van der Waals surface area contributed by atoms with E-state index < -0.39 is 5.97 Å². The van der Waals surface area contributed by atoms with Crippen molar-refractivity contribution in [1.82, 2.24) is 0 Å². The first-order chi connectivity index (χ1) is 17.9. The summed E-state index contributed by atoms with van der Waals surface area (Å²) in [5, 5.41) is 0. The Bertz CT molecular complexity index is 831. The zero-order valence-electron chi connectivity index (χ0n) is 23.4. The Hall–Kier alpha value is -1.65. The number of ketones is 1. The topological polar surface area (TPSA) is 69.7 Å². The minimum absolute atomic E-state index is 0.260. The molecule has 4 aliphatic rings. The van der Waals surface area contributed by atoms with Crippen molar-refractivity contribution in [3.63, 3.8) is 0 Å². The van der Waals surface area contributed by atoms with Crippen LogP contribution in [-0.4, -0.2) is 30.9 Å². The molecule has 0 radical (unpaired) electrons. The molecule has 0 N–H and O–H groups in total. The van der Waals surface area contributed by atoms with Crippen LogP contribution in [0.4, 0.5) is 0 Å². The van der Waals surface area contributed by atoms with Gasteiger partial charge in [0.15, 0.2) is 12.4 Å². The van der Waals surface area contributed by atoms with E-state index in [1.807, 2.05) is 6.08 Å². The minimum Gasteiger partial charge on any atom is -0.463 e. The van der Waals surface area contributed by atoms with Gasteiger partial charge in [0.2, 0.25) is 0 Å². The van der Waals surface area contributed by atoms with Crippen LogP contribution < -0.4 is 0 Å². The van der Waals surface area contributed by atoms with Crippen molar-refractivity contribution >= 4 is 17.7 Å². The summed E-state index contributed by atoms with van der Waals surface area (Å²) in [5.74, 6) is 3.19. The first kappa shape index (κ1) is 28.4. The van der Waals surface area contributed by atoms with Crippen molar-refractivity contribution in [3.05, 3.63) is 11.6 Å². The molecule has 0 aromatic rings. The number of unbranched alkanes of at least 4 members (excludes halogenated alkanes) is 6. The lowest BCUT2D eigenvalue weighted by atomic mass is 9.52. The van der Waals surface area contributed by atoms with Crippen molar-refractivity contribution in [2.45, 2.75) is 123 Å². The van der Waals surface area contributed by atoms with Gasteiger partial charge >= 0.3 is 11.9 Å². The van der Waals surface area contributed by atoms with Crippen molar-refractivity contribution < 1.29 is 23.9 Å². The summed E-state index contributed by atoms with van der Waals surface area (Å²) in [6, 6.07) is 0. The fourth-order valence-electron chi connectivity index (χ4n) is 8.43. The highest BCUT2D eigenvalue weighted by Crippen LogP contribution is 2.63. The number of hydrogen-bond acceptors (Lipinski definition) is 5. The first-order valence-corrected chi connectivity index (χ1v) is 15.4. The molecule has 0 unspecified atom stereocenters. The maximum absolute atomic E-state index is 12.1. The normalized spacial score (nSPS) is 32.6. The molecular formula is C32H50O5. The molecule has 0 bridgehead atoms. The fraction of sp³-hybridized carbons (Fsp3) is 0.844. The molecular weight excluding hydrogens is 464 g/mol. The zero-order chi connectivity index (χ0) is 26.3. The summed E-state index contributed by atoms with van der Waals surface area (Å²) in [4.78, 5) is 36.0. The second-order valence-electron chi connectivity index (χ2n) is 12.8. The molecule has 5 nitrogen and oxygen atoms in total. The maximum Gasteiger partial charge on any atom is 0.344 e. The van der Waals surface area contributed by atoms with Gasteiger partial charge in [-0.2, -0.15) is 0 Å². The SMILES string of the molecule is CCCCCCCCCC(=O)OCC(=O)OCC[C@H]1C[C@H]2[C@@H]3CCC4=CC(=O)CC[C@@H]4[C@H]3CC[C@]2(C)C1. The maximum atomic E-state index is 12.1. The van der Waals surface area contributed by atoms with Crippen molar-refractivity contribution in [3.8, 4) is 0 Å². The average molecular weight is 515 g/mol. The number of hydrogen-bond donors (Lipinski definition) is 0. The number of carbonyl (C=O) groups excluding carboxylic acids is 3. The van der Waals surface area contributed by atoms with Gasteiger partial charge in [-0.3, -0.25) is 9.59 Å². The predicted octanol–water partition coefficient (Wildman–Crippen LogP) is 7.36. The van der Waals surface area contributed by atoms with Crippen LogP contribution in [0.5, 0.6) is 0 Å². The Morgan fingerprint density at radius 2 is 1.73 bits per heavy atom. The number of carbonyl (C=O) groups is 3. The van der Waals surface area contributed by atoms with E-state index in [2.05, 4.69) is 13.8 Å². The third kappa shape index (κ3) is 7.47. The second kappa shape index (κ2) is 13.4. The van der Waals surface area contributed by atoms with Gasteiger partial charge in [-0.15, -0.1) is 0 Å². The lowest BCUT2D eigenvalue weighted by Gasteiger charge is -2.52. The first-order valence-electron chi connectivity index (χ1n) is 15.4. The molecule has 0 heterocycles. The molecule has 0 saturated heterocycles. The van der Waals surface area contributed by atoms with Gasteiger partial charge in [0.25, 0.3) is 0 Å². The van der Waals surface area contributed by atoms with Crippen LogP contribution in [0.2, 0.25) is 0 Å². The Morgan fingerprint density at radius 1 is 0.946 bits per heavy atom. The molecule has 208 valence electrons. The van der Waals surface area contributed by atoms with Gasteiger partial charge in [0.1, 0.15) is 0 Å². The van der Waals surface area contributed by atoms with Gasteiger partial charge in [-0.05, 0) is 98.9 Å². The van der Waals surface area contributed by atoms with Gasteiger partial charge in [0, 0.05) is 12.8 Å². The number of ether oxygens (including phenoxy) is 2. The molecule has 0 amide bonds. The average Bonchev–Trinajstić information content (AvgIpc) is 3.23. The van der Waals surface area contributed by atoms with Crippen LogP contribution in [0.25, 0.3) is 0 Å². The minimum atomic E-state index is -0.423. The molecule has 0 aliphatic heterocycles. The van der Waals surface area contributed by atoms with E-state index >= 15 is 0 Å². The van der Waals surface area contributed by atoms with Gasteiger partial charge < -0.3 is 9.47 Å². The number of rotatable bonds is 13. The Morgan fingerprint density at radius 3 is 2.54 bits per heavy atom. The largest absolute Gasteiger partial charge is 0.463 e. The van der Waals surface area contributed by atoms with Crippen LogP contribution in [-0.2, 0) is 23.9 Å². The van der Waals surface area contributed by atoms with Gasteiger partial charge in [-0.1, -0.05) is 57.9 Å². The van der Waals surface area contributed by atoms with E-state index in [1.54, 1.807) is 0 Å². The molecule has 6 atom stereocenters. The van der Waals surface area contributed by atoms with E-state index in [1.165, 1.54) is 63.4 Å². The summed E-state index contributed by atoms with van der Waals surface area (Å²) < 4.78 is 10.6. The van der Waals surface area contributed by atoms with E-state index in [4.69, 9.17) is 9.47 Å². The molecule has 4 aliphatic carbocycles. The van der Waals surface area contributed by atoms with Crippen LogP contribution in [0.3, 0.4) is 0 Å². The second-order valence-corrected chi connectivity index (χ2v) is 12.8. The highest BCUT2D eigenvalue weighted by Gasteiger charge is 2.54. The van der Waals surface area contributed by atoms with Crippen LogP contribution in [0.15, 0.2) is 11.6 Å². The predicted molar refractivity (Wildman–Crippen MR) is 145 cm³/mol. The standard InChI is InChI=1S/C32H50O5/c1-3-4-5-6-7-8-9-10-30(34)37-22-31(35)36-18-16-23-19-29-28-13-11-24-20-25(33)12-14-26(24)27(28)15-17-32(29,2)21-23/h20,23,26-29H,3-19,21-22H2,1-2H3/t23-,26-,27+,28+,29-,32+/m0/s1. The van der Waals surface area contributed by atoms with Crippen LogP contribution in [0.1, 0.15) is 123 Å². The van der Waals surface area contributed by atoms with Crippen molar-refractivity contribution in [2.75, 3.05) is 13.2 Å². The molecule has 3 fully saturated rings. The monoisotopic (exact) mass is 514 g/mol. The molecule has 0 aromatic carbocycles. The van der Waals surface area contributed by atoms with Crippen molar-refractivity contribution in [1.29, 1.82) is 0 Å². The highest BCUT2D eigenvalue weighted by molar-refractivity contribution is 5.91. The van der Waals surface area contributed by atoms with Crippen LogP contribution in [0, 0.1) is 35.0 Å². The third-order valence-electron chi connectivity index (χ3n) is 10.3. The summed E-state index contributed by atoms with van der Waals surface area (Å²) >= 11 is 0. The van der Waals surface area contributed by atoms with E-state index in [-0.39, 0.29) is 12.6 Å². The molecule has 0 aromatic heterocycles. The summed E-state index contributed by atoms with van der Waals surface area (Å²) in [7, 11) is 0. The fourth-order valence-corrected chi connectivity index (χ4v) is 8.43. The zero-order valence-corrected chi connectivity index (χ0v) is 23.4. The lowest BCUT2D eigenvalue weighted by Crippen LogP contribution is -2.44. The smallest absolute Gasteiger partial charge is 0.344 e. The number of fused-ring (bicyclic) bond motifs is 5. The van der Waals surface area contributed by atoms with E-state index in [9.17, 15) is 14.4 Å².